The van der Waals surface area contributed by atoms with E-state index in [1.54, 1.807) is 6.92 Å². The molecule has 0 saturated carbocycles. The second kappa shape index (κ2) is 6.44. The van der Waals surface area contributed by atoms with Gasteiger partial charge in [-0.1, -0.05) is 0 Å². The predicted molar refractivity (Wildman–Crippen MR) is 88.4 cm³/mol. The maximum Gasteiger partial charge on any atom is 0.219 e. The van der Waals surface area contributed by atoms with Gasteiger partial charge in [-0.3, -0.25) is 4.79 Å². The van der Waals surface area contributed by atoms with Gasteiger partial charge in [0.2, 0.25) is 5.91 Å². The normalized spacial score (nSPS) is 19.4. The van der Waals surface area contributed by atoms with Crippen LogP contribution in [-0.2, 0) is 9.53 Å². The van der Waals surface area contributed by atoms with Crippen LogP contribution in [0.25, 0.3) is 0 Å². The van der Waals surface area contributed by atoms with Crippen molar-refractivity contribution in [3.8, 4) is 0 Å². The molecule has 3 rings (SSSR count). The number of hydrogen-bond acceptors (Lipinski definition) is 5. The first-order valence-electron chi connectivity index (χ1n) is 7.88. The molecule has 22 heavy (non-hydrogen) atoms. The number of hydrogen-bond donors (Lipinski definition) is 1. The minimum absolute atomic E-state index is 0.158. The fourth-order valence-corrected chi connectivity index (χ4v) is 3.09. The fraction of sp³-hybridized carbons (Fsp3) is 0.562. The highest BCUT2D eigenvalue weighted by Crippen LogP contribution is 2.30. The Morgan fingerprint density at radius 2 is 1.73 bits per heavy atom. The number of amides is 1. The Balaban J connectivity index is 1.73. The Morgan fingerprint density at radius 1 is 1.05 bits per heavy atom. The molecule has 0 unspecified atom stereocenters. The highest BCUT2D eigenvalue weighted by Gasteiger charge is 2.20. The maximum atomic E-state index is 11.4. The van der Waals surface area contributed by atoms with Gasteiger partial charge >= 0.3 is 0 Å². The summed E-state index contributed by atoms with van der Waals surface area (Å²) in [4.78, 5) is 17.9. The highest BCUT2D eigenvalue weighted by atomic mass is 16.5. The van der Waals surface area contributed by atoms with Gasteiger partial charge in [0.25, 0.3) is 0 Å². The molecule has 1 aromatic rings. The summed E-state index contributed by atoms with van der Waals surface area (Å²) in [5.74, 6) is 0.158. The lowest BCUT2D eigenvalue weighted by atomic mass is 10.1. The second-order valence-corrected chi connectivity index (χ2v) is 5.84. The number of carbonyl (C=O) groups excluding carboxylic acids is 1. The molecular formula is C16H24N4O2. The van der Waals surface area contributed by atoms with Gasteiger partial charge in [-0.25, -0.2) is 0 Å². The molecule has 120 valence electrons. The number of nitrogens with two attached hydrogens (primary N) is 1. The van der Waals surface area contributed by atoms with Crippen LogP contribution in [0.15, 0.2) is 18.2 Å². The molecule has 6 nitrogen and oxygen atoms in total. The number of nitrogens with zero attached hydrogens (tertiary/aromatic N) is 3. The van der Waals surface area contributed by atoms with E-state index in [-0.39, 0.29) is 5.91 Å². The van der Waals surface area contributed by atoms with Gasteiger partial charge in [-0.15, -0.1) is 0 Å². The van der Waals surface area contributed by atoms with Crippen molar-refractivity contribution in [2.24, 2.45) is 0 Å². The van der Waals surface area contributed by atoms with Gasteiger partial charge < -0.3 is 25.2 Å². The van der Waals surface area contributed by atoms with Gasteiger partial charge in [0.05, 0.1) is 24.6 Å². The van der Waals surface area contributed by atoms with E-state index in [0.29, 0.717) is 0 Å². The zero-order valence-corrected chi connectivity index (χ0v) is 13.1. The molecule has 0 radical (unpaired) electrons. The molecule has 0 aromatic heterocycles. The third kappa shape index (κ3) is 3.11. The molecule has 2 aliphatic rings. The molecule has 2 heterocycles. The van der Waals surface area contributed by atoms with E-state index in [0.717, 1.165) is 63.9 Å². The third-order valence-electron chi connectivity index (χ3n) is 4.46. The molecule has 0 bridgehead atoms. The summed E-state index contributed by atoms with van der Waals surface area (Å²) >= 11 is 0. The molecule has 0 spiro atoms. The molecule has 2 saturated heterocycles. The van der Waals surface area contributed by atoms with Crippen LogP contribution in [0.4, 0.5) is 17.1 Å². The van der Waals surface area contributed by atoms with Gasteiger partial charge in [-0.2, -0.15) is 0 Å². The van der Waals surface area contributed by atoms with Crippen molar-refractivity contribution >= 4 is 23.0 Å². The first kappa shape index (κ1) is 15.0. The number of anilines is 3. The topological polar surface area (TPSA) is 62.0 Å². The van der Waals surface area contributed by atoms with Crippen LogP contribution >= 0.6 is 0 Å². The van der Waals surface area contributed by atoms with E-state index in [4.69, 9.17) is 10.5 Å². The number of piperazine rings is 1. The Hall–Kier alpha value is -1.95. The zero-order valence-electron chi connectivity index (χ0n) is 13.1. The summed E-state index contributed by atoms with van der Waals surface area (Å²) in [5, 5.41) is 0. The van der Waals surface area contributed by atoms with Gasteiger partial charge in [-0.05, 0) is 18.2 Å². The molecule has 0 aliphatic carbocycles. The van der Waals surface area contributed by atoms with Crippen molar-refractivity contribution in [3.05, 3.63) is 18.2 Å². The molecule has 2 fully saturated rings. The standard InChI is InChI=1S/C16H24N4O2/c1-13(21)18-4-6-19(7-5-18)14-2-3-15(17)16(12-14)20-8-10-22-11-9-20/h2-3,12H,4-11,17H2,1H3. The van der Waals surface area contributed by atoms with E-state index in [1.165, 1.54) is 5.69 Å². The van der Waals surface area contributed by atoms with Crippen LogP contribution in [0.3, 0.4) is 0 Å². The summed E-state index contributed by atoms with van der Waals surface area (Å²) in [7, 11) is 0. The highest BCUT2D eigenvalue weighted by molar-refractivity contribution is 5.75. The Kier molecular flexibility index (Phi) is 4.38. The zero-order chi connectivity index (χ0) is 15.5. The van der Waals surface area contributed by atoms with Crippen LogP contribution in [0.2, 0.25) is 0 Å². The maximum absolute atomic E-state index is 11.4. The molecule has 2 N–H and O–H groups in total. The Morgan fingerprint density at radius 3 is 2.36 bits per heavy atom. The quantitative estimate of drug-likeness (QED) is 0.818. The predicted octanol–water partition coefficient (Wildman–Crippen LogP) is 0.774. The molecule has 0 atom stereocenters. The van der Waals surface area contributed by atoms with Crippen molar-refractivity contribution in [1.82, 2.24) is 4.90 Å². The van der Waals surface area contributed by atoms with Crippen molar-refractivity contribution < 1.29 is 9.53 Å². The first-order chi connectivity index (χ1) is 10.6. The van der Waals surface area contributed by atoms with E-state index in [2.05, 4.69) is 21.9 Å². The van der Waals surface area contributed by atoms with Gasteiger partial charge in [0.15, 0.2) is 0 Å². The van der Waals surface area contributed by atoms with Crippen LogP contribution in [0.1, 0.15) is 6.92 Å². The lowest BCUT2D eigenvalue weighted by Gasteiger charge is -2.36. The molecule has 1 amide bonds. The number of rotatable bonds is 2. The molecule has 6 heteroatoms. The lowest BCUT2D eigenvalue weighted by Crippen LogP contribution is -2.48. The number of carbonyl (C=O) groups is 1. The van der Waals surface area contributed by atoms with Gasteiger partial charge in [0, 0.05) is 51.9 Å². The van der Waals surface area contributed by atoms with Crippen LogP contribution < -0.4 is 15.5 Å². The number of morpholine rings is 1. The van der Waals surface area contributed by atoms with E-state index in [1.807, 2.05) is 11.0 Å². The average Bonchev–Trinajstić information content (AvgIpc) is 2.56. The SMILES string of the molecule is CC(=O)N1CCN(c2ccc(N)c(N3CCOCC3)c2)CC1. The van der Waals surface area contributed by atoms with Gasteiger partial charge in [0.1, 0.15) is 0 Å². The summed E-state index contributed by atoms with van der Waals surface area (Å²) < 4.78 is 5.41. The van der Waals surface area contributed by atoms with Crippen molar-refractivity contribution in [2.45, 2.75) is 6.92 Å². The lowest BCUT2D eigenvalue weighted by molar-refractivity contribution is -0.129. The Bertz CT molecular complexity index is 535. The minimum atomic E-state index is 0.158. The fourth-order valence-electron chi connectivity index (χ4n) is 3.09. The van der Waals surface area contributed by atoms with Crippen molar-refractivity contribution in [2.75, 3.05) is 68.0 Å². The number of ether oxygens (including phenoxy) is 1. The minimum Gasteiger partial charge on any atom is -0.397 e. The van der Waals surface area contributed by atoms with Crippen LogP contribution in [-0.4, -0.2) is 63.3 Å². The van der Waals surface area contributed by atoms with E-state index >= 15 is 0 Å². The molecular weight excluding hydrogens is 280 g/mol. The van der Waals surface area contributed by atoms with Crippen LogP contribution in [0.5, 0.6) is 0 Å². The van der Waals surface area contributed by atoms with Crippen molar-refractivity contribution in [3.63, 3.8) is 0 Å². The van der Waals surface area contributed by atoms with E-state index < -0.39 is 0 Å². The summed E-state index contributed by atoms with van der Waals surface area (Å²) in [5.41, 5.74) is 9.24. The third-order valence-corrected chi connectivity index (χ3v) is 4.46. The molecule has 2 aliphatic heterocycles. The summed E-state index contributed by atoms with van der Waals surface area (Å²) in [6.07, 6.45) is 0. The second-order valence-electron chi connectivity index (χ2n) is 5.84. The van der Waals surface area contributed by atoms with Crippen molar-refractivity contribution in [1.29, 1.82) is 0 Å². The number of nitrogen functional groups attached to an aromatic ring is 1. The van der Waals surface area contributed by atoms with E-state index in [9.17, 15) is 4.79 Å². The monoisotopic (exact) mass is 304 g/mol. The summed E-state index contributed by atoms with van der Waals surface area (Å²) in [6.45, 7) is 8.20. The summed E-state index contributed by atoms with van der Waals surface area (Å²) in [6, 6.07) is 6.23. The largest absolute Gasteiger partial charge is 0.397 e. The first-order valence-corrected chi connectivity index (χ1v) is 7.88. The van der Waals surface area contributed by atoms with Crippen LogP contribution in [0, 0.1) is 0 Å². The Labute approximate surface area is 131 Å². The number of benzene rings is 1. The average molecular weight is 304 g/mol. The molecule has 1 aromatic carbocycles. The smallest absolute Gasteiger partial charge is 0.219 e.